The third kappa shape index (κ3) is 4.55. The molecule has 10 nitrogen and oxygen atoms in total. The summed E-state index contributed by atoms with van der Waals surface area (Å²) in [6.45, 7) is 4.92. The van der Waals surface area contributed by atoms with Gasteiger partial charge in [0.2, 0.25) is 0 Å². The molecular weight excluding hydrogens is 645 g/mol. The van der Waals surface area contributed by atoms with Gasteiger partial charge in [-0.2, -0.15) is 8.42 Å². The van der Waals surface area contributed by atoms with E-state index in [0.29, 0.717) is 12.8 Å². The average molecular weight is 678 g/mol. The molecule has 12 heteroatoms. The van der Waals surface area contributed by atoms with E-state index in [1.54, 1.807) is 13.8 Å². The molecule has 3 aromatic rings. The maximum absolute atomic E-state index is 14.1. The molecule has 0 aromatic heterocycles. The number of carbonyl (C=O) groups is 2. The Morgan fingerprint density at radius 1 is 0.915 bits per heavy atom. The zero-order chi connectivity index (χ0) is 33.2. The van der Waals surface area contributed by atoms with Gasteiger partial charge in [-0.15, -0.1) is 0 Å². The number of hydrogen-bond donors (Lipinski definition) is 0. The van der Waals surface area contributed by atoms with Crippen LogP contribution in [0.3, 0.4) is 0 Å². The Morgan fingerprint density at radius 2 is 1.53 bits per heavy atom. The highest BCUT2D eigenvalue weighted by atomic mass is 32.2. The molecule has 0 spiro atoms. The summed E-state index contributed by atoms with van der Waals surface area (Å²) in [7, 11) is -8.96. The Hall–Kier alpha value is -3.58. The minimum Gasteiger partial charge on any atom is -0.744 e. The number of benzene rings is 3. The summed E-state index contributed by atoms with van der Waals surface area (Å²) < 4.78 is 79.8. The van der Waals surface area contributed by atoms with E-state index in [9.17, 15) is 31.0 Å². The number of esters is 2. The van der Waals surface area contributed by atoms with Gasteiger partial charge in [-0.05, 0) is 71.2 Å². The van der Waals surface area contributed by atoms with E-state index < -0.39 is 78.2 Å². The van der Waals surface area contributed by atoms with Crippen LogP contribution < -0.4 is 4.74 Å². The van der Waals surface area contributed by atoms with Crippen LogP contribution in [-0.2, 0) is 38.7 Å². The zero-order valence-electron chi connectivity index (χ0n) is 25.9. The van der Waals surface area contributed by atoms with E-state index in [2.05, 4.69) is 24.3 Å². The van der Waals surface area contributed by atoms with Crippen molar-refractivity contribution in [3.63, 3.8) is 0 Å². The number of aryl methyl sites for hydroxylation is 1. The molecule has 47 heavy (non-hydrogen) atoms. The summed E-state index contributed by atoms with van der Waals surface area (Å²) >= 11 is 0. The molecule has 0 amide bonds. The minimum absolute atomic E-state index is 0.0298. The number of ether oxygens (including phenoxy) is 2. The van der Waals surface area contributed by atoms with Gasteiger partial charge in [0, 0.05) is 23.7 Å². The Morgan fingerprint density at radius 3 is 2.13 bits per heavy atom. The minimum atomic E-state index is -4.79. The first-order valence-electron chi connectivity index (χ1n) is 15.9. The van der Waals surface area contributed by atoms with Crippen molar-refractivity contribution in [3.8, 4) is 5.75 Å². The van der Waals surface area contributed by atoms with E-state index in [0.717, 1.165) is 11.1 Å². The molecule has 246 valence electrons. The molecule has 0 radical (unpaired) electrons. The summed E-state index contributed by atoms with van der Waals surface area (Å²) in [5.74, 6) is -4.62. The van der Waals surface area contributed by atoms with Crippen molar-refractivity contribution >= 4 is 32.2 Å². The van der Waals surface area contributed by atoms with Crippen molar-refractivity contribution in [1.82, 2.24) is 0 Å². The van der Waals surface area contributed by atoms with Gasteiger partial charge >= 0.3 is 11.9 Å². The van der Waals surface area contributed by atoms with E-state index in [1.807, 2.05) is 24.3 Å². The molecule has 3 aromatic carbocycles. The van der Waals surface area contributed by atoms with Crippen LogP contribution in [0.4, 0.5) is 0 Å². The summed E-state index contributed by atoms with van der Waals surface area (Å²) in [6, 6.07) is 18.8. The molecule has 5 aliphatic carbocycles. The smallest absolute Gasteiger partial charge is 0.316 e. The van der Waals surface area contributed by atoms with Gasteiger partial charge in [0.25, 0.3) is 10.1 Å². The van der Waals surface area contributed by atoms with Crippen LogP contribution in [0.25, 0.3) is 0 Å². The topological polar surface area (TPSA) is 153 Å². The van der Waals surface area contributed by atoms with E-state index in [1.165, 1.54) is 30.2 Å². The highest BCUT2D eigenvalue weighted by Gasteiger charge is 2.72. The van der Waals surface area contributed by atoms with Crippen molar-refractivity contribution in [3.05, 3.63) is 94.0 Å². The van der Waals surface area contributed by atoms with Crippen molar-refractivity contribution in [2.75, 3.05) is 0 Å². The van der Waals surface area contributed by atoms with Crippen LogP contribution in [0.2, 0.25) is 0 Å². The van der Waals surface area contributed by atoms with Crippen molar-refractivity contribution in [1.29, 1.82) is 0 Å². The molecule has 9 rings (SSSR count). The number of fused-ring (bicyclic) bond motifs is 2. The Kier molecular flexibility index (Phi) is 6.84. The quantitative estimate of drug-likeness (QED) is 0.158. The van der Waals surface area contributed by atoms with Crippen LogP contribution in [0.5, 0.6) is 5.75 Å². The monoisotopic (exact) mass is 677 g/mol. The molecule has 2 saturated carbocycles. The Balaban J connectivity index is 1.09. The Bertz CT molecular complexity index is 2020. The molecule has 1 saturated heterocycles. The molecule has 4 bridgehead atoms. The average Bonchev–Trinajstić information content (AvgIpc) is 3.64. The molecule has 1 aliphatic heterocycles. The summed E-state index contributed by atoms with van der Waals surface area (Å²) in [6.07, 6.45) is -0.954. The predicted octanol–water partition coefficient (Wildman–Crippen LogP) is 4.50. The van der Waals surface area contributed by atoms with E-state index in [4.69, 9.17) is 13.7 Å². The molecule has 1 heterocycles. The van der Waals surface area contributed by atoms with Crippen molar-refractivity contribution in [2.45, 2.75) is 73.7 Å². The van der Waals surface area contributed by atoms with Gasteiger partial charge in [-0.3, -0.25) is 13.8 Å². The molecule has 6 aliphatic rings. The molecule has 0 N–H and O–H groups in total. The lowest BCUT2D eigenvalue weighted by atomic mass is 9.59. The first-order valence-corrected chi connectivity index (χ1v) is 18.8. The number of carbonyl (C=O) groups excluding carboxylic acids is 2. The van der Waals surface area contributed by atoms with Crippen LogP contribution in [0.15, 0.2) is 65.6 Å². The lowest BCUT2D eigenvalue weighted by Gasteiger charge is -2.45. The standard InChI is InChI=1S/C35H34O10S2/c1-16(2)22-15-27(17(3)12-28(22)46(38,39)40)43-35(37)30-24-14-26-32(45-47(41,42)33(26)30)31(24)44-34(36)25-13-23-18-8-4-6-10-20(18)29(25)21-11-7-5-9-19(21)23/h4-12,15-16,23-26,29-33H,13-14H2,1-3H3,(H,38,39,40)/p-1. The second-order valence-electron chi connectivity index (χ2n) is 13.8. The predicted molar refractivity (Wildman–Crippen MR) is 166 cm³/mol. The molecule has 3 fully saturated rings. The molecular formula is C35H33O10S2-. The fourth-order valence-electron chi connectivity index (χ4n) is 9.17. The fraction of sp³-hybridized carbons (Fsp3) is 0.429. The van der Waals surface area contributed by atoms with Gasteiger partial charge in [-0.25, -0.2) is 8.42 Å². The van der Waals surface area contributed by atoms with Crippen molar-refractivity contribution < 1.29 is 44.6 Å². The third-order valence-electron chi connectivity index (χ3n) is 11.1. The highest BCUT2D eigenvalue weighted by molar-refractivity contribution is 7.87. The summed E-state index contributed by atoms with van der Waals surface area (Å²) in [5.41, 5.74) is 5.01. The SMILES string of the molecule is Cc1cc(S(=O)(=O)[O-])c(C(C)C)cc1OC(=O)C1C2CC3C(OS(=O)(=O)C31)C2OC(=O)C1CC2c3ccccc3C1c1ccccc12. The van der Waals surface area contributed by atoms with E-state index in [-0.39, 0.29) is 34.6 Å². The van der Waals surface area contributed by atoms with Crippen LogP contribution in [0, 0.1) is 30.6 Å². The van der Waals surface area contributed by atoms with Gasteiger partial charge in [0.15, 0.2) is 0 Å². The maximum Gasteiger partial charge on any atom is 0.316 e. The van der Waals surface area contributed by atoms with Gasteiger partial charge in [0.05, 0.1) is 16.7 Å². The molecule has 7 unspecified atom stereocenters. The van der Waals surface area contributed by atoms with Crippen LogP contribution >= 0.6 is 0 Å². The number of rotatable bonds is 6. The zero-order valence-corrected chi connectivity index (χ0v) is 27.5. The first-order chi connectivity index (χ1) is 22.3. The van der Waals surface area contributed by atoms with Crippen molar-refractivity contribution in [2.24, 2.45) is 23.7 Å². The summed E-state index contributed by atoms with van der Waals surface area (Å²) in [5, 5.41) is -1.14. The fourth-order valence-corrected chi connectivity index (χ4v) is 12.1. The second-order valence-corrected chi connectivity index (χ2v) is 16.9. The van der Waals surface area contributed by atoms with Gasteiger partial charge < -0.3 is 14.0 Å². The summed E-state index contributed by atoms with van der Waals surface area (Å²) in [4.78, 5) is 27.5. The first kappa shape index (κ1) is 30.7. The lowest BCUT2D eigenvalue weighted by molar-refractivity contribution is -0.166. The largest absolute Gasteiger partial charge is 0.744 e. The van der Waals surface area contributed by atoms with Gasteiger partial charge in [-0.1, -0.05) is 62.4 Å². The number of hydrogen-bond acceptors (Lipinski definition) is 10. The normalized spacial score (nSPS) is 32.2. The molecule has 7 atom stereocenters. The van der Waals surface area contributed by atoms with E-state index >= 15 is 0 Å². The van der Waals surface area contributed by atoms with Crippen LogP contribution in [-0.4, -0.2) is 50.8 Å². The van der Waals surface area contributed by atoms with Crippen LogP contribution in [0.1, 0.15) is 77.8 Å². The maximum atomic E-state index is 14.1. The second kappa shape index (κ2) is 10.5. The van der Waals surface area contributed by atoms with Gasteiger partial charge in [0.1, 0.15) is 33.3 Å². The Labute approximate surface area is 273 Å². The highest BCUT2D eigenvalue weighted by Crippen LogP contribution is 2.60. The lowest BCUT2D eigenvalue weighted by Crippen LogP contribution is -2.48. The third-order valence-corrected chi connectivity index (χ3v) is 13.8.